The van der Waals surface area contributed by atoms with Crippen molar-refractivity contribution < 1.29 is 17.9 Å². The van der Waals surface area contributed by atoms with Crippen LogP contribution in [0.1, 0.15) is 5.56 Å². The summed E-state index contributed by atoms with van der Waals surface area (Å²) >= 11 is 0. The highest BCUT2D eigenvalue weighted by Crippen LogP contribution is 2.30. The smallest absolute Gasteiger partial charge is 0.239 e. The number of methoxy groups -OCH3 is 1. The van der Waals surface area contributed by atoms with Crippen molar-refractivity contribution in [3.8, 4) is 5.75 Å². The monoisotopic (exact) mass is 448 g/mol. The highest BCUT2D eigenvalue weighted by atomic mass is 32.2. The number of amides is 1. The highest BCUT2D eigenvalue weighted by Gasteiger charge is 2.23. The minimum Gasteiger partial charge on any atom is -0.497 e. The fourth-order valence-corrected chi connectivity index (χ4v) is 5.17. The normalized spacial score (nSPS) is 11.4. The summed E-state index contributed by atoms with van der Waals surface area (Å²) in [6.45, 7) is 0.503. The molecule has 0 unspecified atom stereocenters. The molecule has 0 fully saturated rings. The number of hydrogen-bond acceptors (Lipinski definition) is 4. The van der Waals surface area contributed by atoms with Crippen LogP contribution >= 0.6 is 0 Å². The third-order valence-corrected chi connectivity index (χ3v) is 7.08. The number of nitrogens with zero attached hydrogens (tertiary/aromatic N) is 1. The molecule has 7 heteroatoms. The summed E-state index contributed by atoms with van der Waals surface area (Å²) in [6, 6.07) is 23.2. The molecule has 0 aliphatic carbocycles. The van der Waals surface area contributed by atoms with E-state index in [1.807, 2.05) is 36.4 Å². The molecule has 32 heavy (non-hydrogen) atoms. The Kier molecular flexibility index (Phi) is 6.28. The Morgan fingerprint density at radius 1 is 0.969 bits per heavy atom. The number of carbonyl (C=O) groups excluding carboxylic acids is 1. The van der Waals surface area contributed by atoms with Gasteiger partial charge in [0.2, 0.25) is 15.7 Å². The average molecular weight is 449 g/mol. The van der Waals surface area contributed by atoms with E-state index in [1.165, 1.54) is 0 Å². The SMILES string of the molecule is COc1cccc(CCNC(=O)Cn2cc(S(=O)(=O)c3ccccc3)c3ccccc32)c1. The van der Waals surface area contributed by atoms with E-state index in [2.05, 4.69) is 5.32 Å². The molecule has 0 bridgehead atoms. The molecule has 0 aliphatic rings. The molecule has 1 heterocycles. The van der Waals surface area contributed by atoms with Crippen molar-refractivity contribution in [2.75, 3.05) is 13.7 Å². The minimum atomic E-state index is -3.70. The maximum atomic E-state index is 13.2. The van der Waals surface area contributed by atoms with Gasteiger partial charge in [0.25, 0.3) is 0 Å². The molecule has 0 atom stereocenters. The molecule has 0 radical (unpaired) electrons. The van der Waals surface area contributed by atoms with E-state index in [0.29, 0.717) is 23.9 Å². The number of benzene rings is 3. The van der Waals surface area contributed by atoms with Crippen LogP contribution in [-0.4, -0.2) is 32.5 Å². The first-order chi connectivity index (χ1) is 15.5. The lowest BCUT2D eigenvalue weighted by molar-refractivity contribution is -0.121. The second-order valence-corrected chi connectivity index (χ2v) is 9.32. The summed E-state index contributed by atoms with van der Waals surface area (Å²) in [5.41, 5.74) is 1.76. The van der Waals surface area contributed by atoms with Crippen molar-refractivity contribution in [1.82, 2.24) is 9.88 Å². The molecule has 4 aromatic rings. The van der Waals surface area contributed by atoms with Crippen LogP contribution in [-0.2, 0) is 27.6 Å². The average Bonchev–Trinajstić information content (AvgIpc) is 3.19. The molecule has 0 spiro atoms. The maximum Gasteiger partial charge on any atom is 0.239 e. The molecule has 1 N–H and O–H groups in total. The fraction of sp³-hybridized carbons (Fsp3) is 0.160. The number of ether oxygens (including phenoxy) is 1. The summed E-state index contributed by atoms with van der Waals surface area (Å²) in [6.07, 6.45) is 2.22. The van der Waals surface area contributed by atoms with Crippen molar-refractivity contribution in [2.24, 2.45) is 0 Å². The Labute approximate surface area is 187 Å². The van der Waals surface area contributed by atoms with Gasteiger partial charge in [0.15, 0.2) is 0 Å². The van der Waals surface area contributed by atoms with E-state index in [0.717, 1.165) is 11.3 Å². The Morgan fingerprint density at radius 2 is 1.72 bits per heavy atom. The van der Waals surface area contributed by atoms with Crippen molar-refractivity contribution in [1.29, 1.82) is 0 Å². The third-order valence-electron chi connectivity index (χ3n) is 5.28. The van der Waals surface area contributed by atoms with E-state index in [1.54, 1.807) is 60.3 Å². The second kappa shape index (κ2) is 9.28. The van der Waals surface area contributed by atoms with Crippen LogP contribution in [0.4, 0.5) is 0 Å². The number of rotatable bonds is 8. The van der Waals surface area contributed by atoms with Gasteiger partial charge in [-0.2, -0.15) is 0 Å². The lowest BCUT2D eigenvalue weighted by Gasteiger charge is -2.08. The van der Waals surface area contributed by atoms with E-state index in [9.17, 15) is 13.2 Å². The predicted octanol–water partition coefficient (Wildman–Crippen LogP) is 3.84. The molecule has 3 aromatic carbocycles. The lowest BCUT2D eigenvalue weighted by Crippen LogP contribution is -2.29. The Balaban J connectivity index is 1.52. The van der Waals surface area contributed by atoms with Crippen LogP contribution < -0.4 is 10.1 Å². The maximum absolute atomic E-state index is 13.2. The molecule has 0 aliphatic heterocycles. The summed E-state index contributed by atoms with van der Waals surface area (Å²) in [7, 11) is -2.08. The van der Waals surface area contributed by atoms with Gasteiger partial charge in [-0.25, -0.2) is 8.42 Å². The number of carbonyl (C=O) groups is 1. The highest BCUT2D eigenvalue weighted by molar-refractivity contribution is 7.91. The van der Waals surface area contributed by atoms with Gasteiger partial charge in [0, 0.05) is 23.6 Å². The van der Waals surface area contributed by atoms with Gasteiger partial charge in [-0.15, -0.1) is 0 Å². The van der Waals surface area contributed by atoms with Gasteiger partial charge in [0.05, 0.1) is 16.9 Å². The van der Waals surface area contributed by atoms with E-state index in [-0.39, 0.29) is 22.2 Å². The third kappa shape index (κ3) is 4.53. The van der Waals surface area contributed by atoms with E-state index < -0.39 is 9.84 Å². The molecular formula is C25H24N2O4S. The first kappa shape index (κ1) is 21.6. The van der Waals surface area contributed by atoms with Gasteiger partial charge in [-0.1, -0.05) is 48.5 Å². The number of aromatic nitrogens is 1. The van der Waals surface area contributed by atoms with Crippen molar-refractivity contribution in [2.45, 2.75) is 22.8 Å². The predicted molar refractivity (Wildman–Crippen MR) is 124 cm³/mol. The number of fused-ring (bicyclic) bond motifs is 1. The summed E-state index contributed by atoms with van der Waals surface area (Å²) in [4.78, 5) is 13.0. The van der Waals surface area contributed by atoms with Crippen LogP contribution in [0.3, 0.4) is 0 Å². The molecular weight excluding hydrogens is 424 g/mol. The Bertz CT molecular complexity index is 1340. The second-order valence-electron chi connectivity index (χ2n) is 7.41. The fourth-order valence-electron chi connectivity index (χ4n) is 3.67. The van der Waals surface area contributed by atoms with Gasteiger partial charge in [-0.05, 0) is 42.3 Å². The van der Waals surface area contributed by atoms with Crippen LogP contribution in [0.15, 0.2) is 94.9 Å². The largest absolute Gasteiger partial charge is 0.497 e. The number of nitrogens with one attached hydrogen (secondary N) is 1. The van der Waals surface area contributed by atoms with E-state index in [4.69, 9.17) is 4.74 Å². The zero-order valence-corrected chi connectivity index (χ0v) is 18.5. The molecule has 4 rings (SSSR count). The first-order valence-electron chi connectivity index (χ1n) is 10.3. The van der Waals surface area contributed by atoms with E-state index >= 15 is 0 Å². The zero-order valence-electron chi connectivity index (χ0n) is 17.7. The Morgan fingerprint density at radius 3 is 2.50 bits per heavy atom. The topological polar surface area (TPSA) is 77.4 Å². The molecule has 6 nitrogen and oxygen atoms in total. The Hall–Kier alpha value is -3.58. The first-order valence-corrected chi connectivity index (χ1v) is 11.7. The molecule has 1 aromatic heterocycles. The van der Waals surface area contributed by atoms with Crippen LogP contribution in [0.2, 0.25) is 0 Å². The summed E-state index contributed by atoms with van der Waals surface area (Å²) in [5.74, 6) is 0.595. The number of sulfone groups is 1. The molecule has 0 saturated carbocycles. The summed E-state index contributed by atoms with van der Waals surface area (Å²) < 4.78 is 33.3. The van der Waals surface area contributed by atoms with Crippen LogP contribution in [0.5, 0.6) is 5.75 Å². The van der Waals surface area contributed by atoms with Crippen molar-refractivity contribution in [3.63, 3.8) is 0 Å². The summed E-state index contributed by atoms with van der Waals surface area (Å²) in [5, 5.41) is 3.51. The minimum absolute atomic E-state index is 0.0307. The molecule has 0 saturated heterocycles. The van der Waals surface area contributed by atoms with Gasteiger partial charge >= 0.3 is 0 Å². The molecule has 1 amide bonds. The molecule has 164 valence electrons. The lowest BCUT2D eigenvalue weighted by atomic mass is 10.1. The van der Waals surface area contributed by atoms with Crippen molar-refractivity contribution >= 4 is 26.6 Å². The van der Waals surface area contributed by atoms with Gasteiger partial charge in [-0.3, -0.25) is 4.79 Å². The number of para-hydroxylation sites is 1. The van der Waals surface area contributed by atoms with Gasteiger partial charge < -0.3 is 14.6 Å². The quantitative estimate of drug-likeness (QED) is 0.444. The zero-order chi connectivity index (χ0) is 22.6. The van der Waals surface area contributed by atoms with Gasteiger partial charge in [0.1, 0.15) is 12.3 Å². The van der Waals surface area contributed by atoms with Crippen molar-refractivity contribution in [3.05, 3.63) is 90.6 Å². The van der Waals surface area contributed by atoms with Crippen LogP contribution in [0, 0.1) is 0 Å². The standard InChI is InChI=1S/C25H24N2O4S/c1-31-20-9-7-8-19(16-20)14-15-26-25(28)18-27-17-24(22-12-5-6-13-23(22)27)32(29,30)21-10-3-2-4-11-21/h2-13,16-17H,14-15,18H2,1H3,(H,26,28). The number of hydrogen-bond donors (Lipinski definition) is 1. The van der Waals surface area contributed by atoms with Crippen LogP contribution in [0.25, 0.3) is 10.9 Å².